The summed E-state index contributed by atoms with van der Waals surface area (Å²) >= 11 is 0. The van der Waals surface area contributed by atoms with Crippen molar-refractivity contribution in [2.75, 3.05) is 0 Å². The standard InChI is InChI=1S/C34H24N2/c1-4-14-24(15-5-1)33-32(31-29-22-12-10-20-27(29)28-21-11-13-23-30(28)31)34(25-16-6-2-7-17-25)36(35-33)26-18-8-3-9-19-26/h1-23,31H. The monoisotopic (exact) mass is 460 g/mol. The Morgan fingerprint density at radius 2 is 0.944 bits per heavy atom. The molecule has 0 saturated carbocycles. The van der Waals surface area contributed by atoms with Gasteiger partial charge in [0.2, 0.25) is 0 Å². The highest BCUT2D eigenvalue weighted by molar-refractivity contribution is 5.86. The summed E-state index contributed by atoms with van der Waals surface area (Å²) in [7, 11) is 0. The normalized spacial score (nSPS) is 12.3. The van der Waals surface area contributed by atoms with Crippen LogP contribution < -0.4 is 0 Å². The van der Waals surface area contributed by atoms with Crippen molar-refractivity contribution >= 4 is 0 Å². The van der Waals surface area contributed by atoms with Crippen molar-refractivity contribution in [3.63, 3.8) is 0 Å². The Kier molecular flexibility index (Phi) is 4.89. The minimum atomic E-state index is 0.0836. The van der Waals surface area contributed by atoms with E-state index < -0.39 is 0 Å². The summed E-state index contributed by atoms with van der Waals surface area (Å²) in [6.45, 7) is 0. The highest BCUT2D eigenvalue weighted by Crippen LogP contribution is 2.52. The maximum Gasteiger partial charge on any atom is 0.0975 e. The maximum atomic E-state index is 5.33. The van der Waals surface area contributed by atoms with Crippen molar-refractivity contribution in [3.05, 3.63) is 156 Å². The van der Waals surface area contributed by atoms with Gasteiger partial charge in [-0.15, -0.1) is 0 Å². The molecule has 36 heavy (non-hydrogen) atoms. The second kappa shape index (κ2) is 8.51. The molecule has 7 rings (SSSR count). The molecule has 5 aromatic carbocycles. The zero-order chi connectivity index (χ0) is 23.9. The number of hydrogen-bond donors (Lipinski definition) is 0. The lowest BCUT2D eigenvalue weighted by Crippen LogP contribution is -2.04. The summed E-state index contributed by atoms with van der Waals surface area (Å²) in [5.41, 5.74) is 12.0. The van der Waals surface area contributed by atoms with Gasteiger partial charge in [0.1, 0.15) is 0 Å². The van der Waals surface area contributed by atoms with Gasteiger partial charge in [0.15, 0.2) is 0 Å². The molecule has 6 aromatic rings. The van der Waals surface area contributed by atoms with Gasteiger partial charge in [-0.05, 0) is 34.4 Å². The van der Waals surface area contributed by atoms with Crippen LogP contribution in [0.1, 0.15) is 22.6 Å². The number of rotatable bonds is 4. The number of fused-ring (bicyclic) bond motifs is 3. The van der Waals surface area contributed by atoms with Gasteiger partial charge < -0.3 is 0 Å². The average Bonchev–Trinajstić information content (AvgIpc) is 3.51. The molecule has 0 atom stereocenters. The van der Waals surface area contributed by atoms with Crippen LogP contribution in [0, 0.1) is 0 Å². The summed E-state index contributed by atoms with van der Waals surface area (Å²) in [5.74, 6) is 0.0836. The molecule has 0 saturated heterocycles. The van der Waals surface area contributed by atoms with Gasteiger partial charge in [-0.25, -0.2) is 4.68 Å². The van der Waals surface area contributed by atoms with Gasteiger partial charge in [-0.2, -0.15) is 5.10 Å². The number of hydrogen-bond acceptors (Lipinski definition) is 1. The van der Waals surface area contributed by atoms with Crippen molar-refractivity contribution in [2.24, 2.45) is 0 Å². The molecule has 0 bridgehead atoms. The second-order valence-electron chi connectivity index (χ2n) is 9.20. The quantitative estimate of drug-likeness (QED) is 0.258. The van der Waals surface area contributed by atoms with E-state index in [9.17, 15) is 0 Å². The molecule has 0 spiro atoms. The fourth-order valence-corrected chi connectivity index (χ4v) is 5.61. The number of nitrogens with zero attached hydrogens (tertiary/aromatic N) is 2. The predicted octanol–water partition coefficient (Wildman–Crippen LogP) is 8.37. The lowest BCUT2D eigenvalue weighted by Gasteiger charge is -2.18. The molecule has 0 unspecified atom stereocenters. The minimum absolute atomic E-state index is 0.0836. The van der Waals surface area contributed by atoms with Crippen LogP contribution >= 0.6 is 0 Å². The van der Waals surface area contributed by atoms with E-state index in [1.54, 1.807) is 0 Å². The van der Waals surface area contributed by atoms with Crippen LogP contribution in [0.2, 0.25) is 0 Å². The van der Waals surface area contributed by atoms with Gasteiger partial charge in [-0.3, -0.25) is 0 Å². The third kappa shape index (κ3) is 3.23. The highest BCUT2D eigenvalue weighted by Gasteiger charge is 2.36. The molecule has 1 aromatic heterocycles. The van der Waals surface area contributed by atoms with E-state index in [2.05, 4.69) is 144 Å². The van der Waals surface area contributed by atoms with Gasteiger partial charge in [-0.1, -0.05) is 127 Å². The zero-order valence-corrected chi connectivity index (χ0v) is 19.8. The number of benzene rings is 5. The van der Waals surface area contributed by atoms with E-state index in [0.29, 0.717) is 0 Å². The van der Waals surface area contributed by atoms with E-state index in [-0.39, 0.29) is 5.92 Å². The first-order chi connectivity index (χ1) is 17.9. The van der Waals surface area contributed by atoms with Crippen molar-refractivity contribution in [1.29, 1.82) is 0 Å². The Bertz CT molecular complexity index is 1620. The van der Waals surface area contributed by atoms with Crippen LogP contribution in [0.15, 0.2) is 140 Å². The van der Waals surface area contributed by atoms with Crippen LogP contribution in [0.25, 0.3) is 39.3 Å². The Morgan fingerprint density at radius 1 is 0.472 bits per heavy atom. The molecule has 0 fully saturated rings. The van der Waals surface area contributed by atoms with E-state index in [1.165, 1.54) is 27.8 Å². The van der Waals surface area contributed by atoms with Gasteiger partial charge in [0.25, 0.3) is 0 Å². The predicted molar refractivity (Wildman–Crippen MR) is 147 cm³/mol. The molecule has 0 aliphatic heterocycles. The van der Waals surface area contributed by atoms with Crippen LogP contribution in [-0.4, -0.2) is 9.78 Å². The average molecular weight is 461 g/mol. The Balaban J connectivity index is 1.62. The molecule has 2 heteroatoms. The van der Waals surface area contributed by atoms with Crippen molar-refractivity contribution in [3.8, 4) is 39.3 Å². The summed E-state index contributed by atoms with van der Waals surface area (Å²) < 4.78 is 2.14. The maximum absolute atomic E-state index is 5.33. The second-order valence-corrected chi connectivity index (χ2v) is 9.20. The largest absolute Gasteiger partial charge is 0.232 e. The molecule has 0 N–H and O–H groups in total. The first kappa shape index (κ1) is 20.7. The minimum Gasteiger partial charge on any atom is -0.232 e. The molecule has 0 radical (unpaired) electrons. The highest BCUT2D eigenvalue weighted by atomic mass is 15.3. The Hall–Kier alpha value is -4.69. The molecular weight excluding hydrogens is 436 g/mol. The number of para-hydroxylation sites is 1. The molecule has 170 valence electrons. The smallest absolute Gasteiger partial charge is 0.0975 e. The molecular formula is C34H24N2. The van der Waals surface area contributed by atoms with E-state index >= 15 is 0 Å². The summed E-state index contributed by atoms with van der Waals surface area (Å²) in [4.78, 5) is 0. The fourth-order valence-electron chi connectivity index (χ4n) is 5.61. The topological polar surface area (TPSA) is 17.8 Å². The summed E-state index contributed by atoms with van der Waals surface area (Å²) in [6, 6.07) is 49.4. The Labute approximate surface area is 211 Å². The van der Waals surface area contributed by atoms with Crippen LogP contribution in [0.5, 0.6) is 0 Å². The lowest BCUT2D eigenvalue weighted by molar-refractivity contribution is 0.890. The molecule has 0 amide bonds. The van der Waals surface area contributed by atoms with E-state index in [0.717, 1.165) is 28.2 Å². The third-order valence-electron chi connectivity index (χ3n) is 7.14. The van der Waals surface area contributed by atoms with E-state index in [4.69, 9.17) is 5.10 Å². The number of aromatic nitrogens is 2. The van der Waals surface area contributed by atoms with Crippen LogP contribution in [-0.2, 0) is 0 Å². The van der Waals surface area contributed by atoms with E-state index in [1.807, 2.05) is 0 Å². The molecule has 1 aliphatic carbocycles. The summed E-state index contributed by atoms with van der Waals surface area (Å²) in [5, 5.41) is 5.33. The first-order valence-corrected chi connectivity index (χ1v) is 12.4. The van der Waals surface area contributed by atoms with Gasteiger partial charge in [0.05, 0.1) is 17.1 Å². The molecule has 1 aliphatic rings. The zero-order valence-electron chi connectivity index (χ0n) is 19.8. The van der Waals surface area contributed by atoms with Gasteiger partial charge >= 0.3 is 0 Å². The van der Waals surface area contributed by atoms with Crippen molar-refractivity contribution in [2.45, 2.75) is 5.92 Å². The lowest BCUT2D eigenvalue weighted by atomic mass is 9.84. The van der Waals surface area contributed by atoms with Gasteiger partial charge in [0, 0.05) is 22.6 Å². The van der Waals surface area contributed by atoms with Crippen molar-refractivity contribution in [1.82, 2.24) is 9.78 Å². The SMILES string of the molecule is c1ccc(-c2nn(-c3ccccc3)c(-c3ccccc3)c2C2c3ccccc3-c3ccccc32)cc1. The molecule has 1 heterocycles. The van der Waals surface area contributed by atoms with Crippen LogP contribution in [0.4, 0.5) is 0 Å². The molecule has 2 nitrogen and oxygen atoms in total. The van der Waals surface area contributed by atoms with Crippen LogP contribution in [0.3, 0.4) is 0 Å². The summed E-state index contributed by atoms with van der Waals surface area (Å²) in [6.07, 6.45) is 0. The fraction of sp³-hybridized carbons (Fsp3) is 0.0294. The Morgan fingerprint density at radius 3 is 1.53 bits per heavy atom. The van der Waals surface area contributed by atoms with Crippen molar-refractivity contribution < 1.29 is 0 Å². The first-order valence-electron chi connectivity index (χ1n) is 12.4. The third-order valence-corrected chi connectivity index (χ3v) is 7.14.